The topological polar surface area (TPSA) is 61.8 Å². The van der Waals surface area contributed by atoms with Crippen LogP contribution in [-0.2, 0) is 4.79 Å². The first kappa shape index (κ1) is 18.8. The molecule has 1 atom stereocenters. The molecule has 5 nitrogen and oxygen atoms in total. The number of piperidine rings is 1. The summed E-state index contributed by atoms with van der Waals surface area (Å²) in [5.41, 5.74) is 0. The van der Waals surface area contributed by atoms with Crippen molar-refractivity contribution in [3.05, 3.63) is 28.2 Å². The van der Waals surface area contributed by atoms with E-state index in [9.17, 15) is 9.90 Å². The molecule has 0 unspecified atom stereocenters. The van der Waals surface area contributed by atoms with Gasteiger partial charge in [0.15, 0.2) is 0 Å². The molecular formula is C18H24Cl2N2O3. The van der Waals surface area contributed by atoms with Gasteiger partial charge in [0.2, 0.25) is 5.91 Å². The molecule has 1 aromatic rings. The van der Waals surface area contributed by atoms with Crippen molar-refractivity contribution >= 4 is 29.1 Å². The molecule has 1 saturated heterocycles. The molecule has 0 aromatic heterocycles. The minimum Gasteiger partial charge on any atom is -0.491 e. The van der Waals surface area contributed by atoms with E-state index in [2.05, 4.69) is 10.2 Å². The lowest BCUT2D eigenvalue weighted by Crippen LogP contribution is -2.45. The minimum absolute atomic E-state index is 0.0432. The summed E-state index contributed by atoms with van der Waals surface area (Å²) < 4.78 is 5.71. The van der Waals surface area contributed by atoms with E-state index in [1.165, 1.54) is 0 Å². The Morgan fingerprint density at radius 2 is 2.00 bits per heavy atom. The Kier molecular flexibility index (Phi) is 6.44. The molecule has 3 rings (SSSR count). The molecule has 2 N–H and O–H groups in total. The number of benzene rings is 1. The van der Waals surface area contributed by atoms with Gasteiger partial charge >= 0.3 is 0 Å². The fourth-order valence-corrected chi connectivity index (χ4v) is 3.56. The van der Waals surface area contributed by atoms with Crippen LogP contribution in [0.5, 0.6) is 5.75 Å². The summed E-state index contributed by atoms with van der Waals surface area (Å²) in [5, 5.41) is 14.2. The van der Waals surface area contributed by atoms with Crippen LogP contribution in [0.15, 0.2) is 18.2 Å². The van der Waals surface area contributed by atoms with Gasteiger partial charge in [-0.05, 0) is 62.9 Å². The maximum atomic E-state index is 11.9. The minimum atomic E-state index is -0.883. The van der Waals surface area contributed by atoms with Crippen molar-refractivity contribution < 1.29 is 14.6 Å². The highest BCUT2D eigenvalue weighted by molar-refractivity contribution is 6.35. The van der Waals surface area contributed by atoms with Crippen LogP contribution in [-0.4, -0.2) is 54.3 Å². The number of ether oxygens (including phenoxy) is 1. The summed E-state index contributed by atoms with van der Waals surface area (Å²) in [6.07, 6.45) is 2.83. The zero-order valence-corrected chi connectivity index (χ0v) is 15.6. The second kappa shape index (κ2) is 8.58. The number of carbonyl (C=O) groups excluding carboxylic acids is 1. The lowest BCUT2D eigenvalue weighted by atomic mass is 9.90. The Hall–Kier alpha value is -1.01. The average Bonchev–Trinajstić information content (AvgIpc) is 3.41. The van der Waals surface area contributed by atoms with Crippen LogP contribution in [0, 0.1) is 5.92 Å². The normalized spacial score (nSPS) is 20.3. The van der Waals surface area contributed by atoms with Crippen molar-refractivity contribution in [2.24, 2.45) is 5.92 Å². The summed E-state index contributed by atoms with van der Waals surface area (Å²) in [6, 6.07) is 5.48. The fraction of sp³-hybridized carbons (Fsp3) is 0.611. The van der Waals surface area contributed by atoms with Gasteiger partial charge in [0.05, 0.1) is 5.02 Å². The second-order valence-corrected chi connectivity index (χ2v) is 7.67. The van der Waals surface area contributed by atoms with Crippen molar-refractivity contribution in [3.63, 3.8) is 0 Å². The number of aliphatic hydroxyl groups excluding tert-OH is 1. The van der Waals surface area contributed by atoms with Crippen LogP contribution in [0.3, 0.4) is 0 Å². The molecule has 1 amide bonds. The van der Waals surface area contributed by atoms with E-state index in [0.717, 1.165) is 45.3 Å². The molecule has 1 heterocycles. The number of aliphatic hydroxyl groups is 1. The van der Waals surface area contributed by atoms with Crippen LogP contribution < -0.4 is 10.1 Å². The first-order chi connectivity index (χ1) is 12.0. The molecule has 2 aliphatic rings. The van der Waals surface area contributed by atoms with Gasteiger partial charge in [0.25, 0.3) is 0 Å². The molecule has 7 heteroatoms. The lowest BCUT2D eigenvalue weighted by Gasteiger charge is -2.33. The third kappa shape index (κ3) is 5.48. The first-order valence-electron chi connectivity index (χ1n) is 8.81. The Bertz CT molecular complexity index is 602. The molecule has 25 heavy (non-hydrogen) atoms. The molecule has 0 bridgehead atoms. The van der Waals surface area contributed by atoms with E-state index in [0.29, 0.717) is 28.4 Å². The molecule has 138 valence electrons. The van der Waals surface area contributed by atoms with Gasteiger partial charge < -0.3 is 15.2 Å². The number of nitrogens with one attached hydrogen (secondary N) is 1. The van der Waals surface area contributed by atoms with Crippen LogP contribution in [0.1, 0.15) is 25.7 Å². The Labute approximate surface area is 158 Å². The predicted molar refractivity (Wildman–Crippen MR) is 98.3 cm³/mol. The number of amides is 1. The lowest BCUT2D eigenvalue weighted by molar-refractivity contribution is -0.133. The molecule has 1 aliphatic heterocycles. The highest BCUT2D eigenvalue weighted by Crippen LogP contribution is 2.28. The zero-order chi connectivity index (χ0) is 17.8. The SMILES string of the molecule is O=C(NC1CC1)[C@H](O)C1CCN(CCOc2ccc(Cl)cc2Cl)CC1. The standard InChI is InChI=1S/C18H24Cl2N2O3/c19-13-1-4-16(15(20)11-13)25-10-9-22-7-5-12(6-8-22)17(23)18(24)21-14-2-3-14/h1,4,11-12,14,17,23H,2-3,5-10H2,(H,21,24)/t17-/m1/s1. The zero-order valence-electron chi connectivity index (χ0n) is 14.1. The second-order valence-electron chi connectivity index (χ2n) is 6.83. The molecule has 2 fully saturated rings. The summed E-state index contributed by atoms with van der Waals surface area (Å²) >= 11 is 12.0. The van der Waals surface area contributed by atoms with Crippen molar-refractivity contribution in [1.82, 2.24) is 10.2 Å². The summed E-state index contributed by atoms with van der Waals surface area (Å²) in [4.78, 5) is 14.2. The number of rotatable bonds is 7. The van der Waals surface area contributed by atoms with E-state index in [4.69, 9.17) is 27.9 Å². The number of halogens is 2. The summed E-state index contributed by atoms with van der Waals surface area (Å²) in [5.74, 6) is 0.469. The summed E-state index contributed by atoms with van der Waals surface area (Å²) in [7, 11) is 0. The van der Waals surface area contributed by atoms with E-state index in [1.54, 1.807) is 18.2 Å². The Morgan fingerprint density at radius 3 is 2.64 bits per heavy atom. The average molecular weight is 387 g/mol. The Balaban J connectivity index is 1.36. The number of likely N-dealkylation sites (tertiary alicyclic amines) is 1. The highest BCUT2D eigenvalue weighted by Gasteiger charge is 2.32. The van der Waals surface area contributed by atoms with Gasteiger partial charge in [0.1, 0.15) is 18.5 Å². The fourth-order valence-electron chi connectivity index (χ4n) is 3.10. The van der Waals surface area contributed by atoms with Gasteiger partial charge in [-0.15, -0.1) is 0 Å². The molecular weight excluding hydrogens is 363 g/mol. The van der Waals surface area contributed by atoms with Gasteiger partial charge in [-0.1, -0.05) is 23.2 Å². The number of hydrogen-bond acceptors (Lipinski definition) is 4. The van der Waals surface area contributed by atoms with E-state index in [-0.39, 0.29) is 11.8 Å². The van der Waals surface area contributed by atoms with Crippen molar-refractivity contribution in [1.29, 1.82) is 0 Å². The maximum Gasteiger partial charge on any atom is 0.249 e. The van der Waals surface area contributed by atoms with E-state index in [1.807, 2.05) is 0 Å². The number of carbonyl (C=O) groups is 1. The largest absolute Gasteiger partial charge is 0.491 e. The molecule has 0 radical (unpaired) electrons. The summed E-state index contributed by atoms with van der Waals surface area (Å²) in [6.45, 7) is 3.04. The van der Waals surface area contributed by atoms with Crippen molar-refractivity contribution in [2.75, 3.05) is 26.2 Å². The number of nitrogens with zero attached hydrogens (tertiary/aromatic N) is 1. The van der Waals surface area contributed by atoms with Gasteiger partial charge in [-0.25, -0.2) is 0 Å². The molecule has 1 aliphatic carbocycles. The molecule has 1 saturated carbocycles. The smallest absolute Gasteiger partial charge is 0.249 e. The molecule has 0 spiro atoms. The van der Waals surface area contributed by atoms with Gasteiger partial charge in [0, 0.05) is 17.6 Å². The highest BCUT2D eigenvalue weighted by atomic mass is 35.5. The van der Waals surface area contributed by atoms with Crippen LogP contribution in [0.25, 0.3) is 0 Å². The monoisotopic (exact) mass is 386 g/mol. The first-order valence-corrected chi connectivity index (χ1v) is 9.57. The third-order valence-electron chi connectivity index (χ3n) is 4.83. The van der Waals surface area contributed by atoms with Crippen LogP contribution in [0.2, 0.25) is 10.0 Å². The van der Waals surface area contributed by atoms with Crippen LogP contribution >= 0.6 is 23.2 Å². The van der Waals surface area contributed by atoms with E-state index >= 15 is 0 Å². The van der Waals surface area contributed by atoms with E-state index < -0.39 is 6.10 Å². The Morgan fingerprint density at radius 1 is 1.28 bits per heavy atom. The van der Waals surface area contributed by atoms with Crippen molar-refractivity contribution in [3.8, 4) is 5.75 Å². The molecule has 1 aromatic carbocycles. The van der Waals surface area contributed by atoms with Crippen LogP contribution in [0.4, 0.5) is 0 Å². The predicted octanol–water partition coefficient (Wildman–Crippen LogP) is 2.72. The van der Waals surface area contributed by atoms with Gasteiger partial charge in [-0.3, -0.25) is 9.69 Å². The van der Waals surface area contributed by atoms with Crippen molar-refractivity contribution in [2.45, 2.75) is 37.8 Å². The maximum absolute atomic E-state index is 11.9. The third-order valence-corrected chi connectivity index (χ3v) is 5.36. The van der Waals surface area contributed by atoms with Gasteiger partial charge in [-0.2, -0.15) is 0 Å². The number of hydrogen-bond donors (Lipinski definition) is 2. The quantitative estimate of drug-likeness (QED) is 0.755.